The number of anilines is 1. The lowest BCUT2D eigenvalue weighted by Gasteiger charge is -2.13. The number of nitrogens with zero attached hydrogens (tertiary/aromatic N) is 1. The summed E-state index contributed by atoms with van der Waals surface area (Å²) in [6.07, 6.45) is 1.61. The number of hydrogen-bond donors (Lipinski definition) is 1. The van der Waals surface area contributed by atoms with Crippen LogP contribution in [0.15, 0.2) is 53.4 Å². The molecule has 0 atom stereocenters. The molecular weight excluding hydrogens is 416 g/mol. The number of benzene rings is 2. The summed E-state index contributed by atoms with van der Waals surface area (Å²) in [5.41, 5.74) is 1.29. The smallest absolute Gasteiger partial charge is 0.294 e. The second kappa shape index (κ2) is 10.2. The Kier molecular flexibility index (Phi) is 7.36. The highest BCUT2D eigenvalue weighted by Gasteiger charge is 2.36. The molecule has 1 fully saturated rings. The Morgan fingerprint density at radius 2 is 1.87 bits per heavy atom. The first-order valence-electron chi connectivity index (χ1n) is 9.78. The third-order valence-electron chi connectivity index (χ3n) is 4.29. The van der Waals surface area contributed by atoms with Gasteiger partial charge in [0.1, 0.15) is 6.54 Å². The zero-order chi connectivity index (χ0) is 22.4. The summed E-state index contributed by atoms with van der Waals surface area (Å²) in [7, 11) is 1.54. The molecular formula is C23H24N2O5S. The van der Waals surface area contributed by atoms with Crippen molar-refractivity contribution in [2.24, 2.45) is 5.92 Å². The van der Waals surface area contributed by atoms with Crippen LogP contribution in [0.5, 0.6) is 11.5 Å². The predicted molar refractivity (Wildman–Crippen MR) is 121 cm³/mol. The minimum atomic E-state index is -0.502. The number of para-hydroxylation sites is 1. The number of hydrogen-bond acceptors (Lipinski definition) is 6. The van der Waals surface area contributed by atoms with E-state index in [1.54, 1.807) is 55.7 Å². The Hall–Kier alpha value is -3.26. The van der Waals surface area contributed by atoms with Gasteiger partial charge in [-0.15, -0.1) is 0 Å². The third-order valence-corrected chi connectivity index (χ3v) is 5.20. The van der Waals surface area contributed by atoms with Gasteiger partial charge in [-0.1, -0.05) is 38.1 Å². The van der Waals surface area contributed by atoms with Crippen LogP contribution in [0.1, 0.15) is 19.4 Å². The number of nitrogens with one attached hydrogen (secondary N) is 1. The molecule has 1 saturated heterocycles. The van der Waals surface area contributed by atoms with Crippen molar-refractivity contribution >= 4 is 40.6 Å². The molecule has 2 aromatic carbocycles. The molecule has 0 unspecified atom stereocenters. The summed E-state index contributed by atoms with van der Waals surface area (Å²) in [4.78, 5) is 38.4. The topological polar surface area (TPSA) is 84.9 Å². The van der Waals surface area contributed by atoms with Gasteiger partial charge in [-0.05, 0) is 53.6 Å². The van der Waals surface area contributed by atoms with Crippen LogP contribution < -0.4 is 14.8 Å². The number of ether oxygens (including phenoxy) is 2. The highest BCUT2D eigenvalue weighted by atomic mass is 32.2. The molecule has 0 aromatic heterocycles. The van der Waals surface area contributed by atoms with Crippen LogP contribution in [0.2, 0.25) is 0 Å². The predicted octanol–water partition coefficient (Wildman–Crippen LogP) is 4.41. The number of imide groups is 1. The minimum Gasteiger partial charge on any atom is -0.493 e. The lowest BCUT2D eigenvalue weighted by atomic mass is 10.1. The van der Waals surface area contributed by atoms with E-state index in [-0.39, 0.29) is 11.4 Å². The second-order valence-corrected chi connectivity index (χ2v) is 8.29. The van der Waals surface area contributed by atoms with E-state index in [4.69, 9.17) is 9.47 Å². The van der Waals surface area contributed by atoms with E-state index in [0.29, 0.717) is 35.3 Å². The van der Waals surface area contributed by atoms with Crippen molar-refractivity contribution in [3.63, 3.8) is 0 Å². The largest absolute Gasteiger partial charge is 0.493 e. The Morgan fingerprint density at radius 3 is 2.55 bits per heavy atom. The summed E-state index contributed by atoms with van der Waals surface area (Å²) in [5.74, 6) is 0.574. The van der Waals surface area contributed by atoms with Gasteiger partial charge in [-0.3, -0.25) is 19.3 Å². The molecule has 1 N–H and O–H groups in total. The molecule has 31 heavy (non-hydrogen) atoms. The van der Waals surface area contributed by atoms with Crippen molar-refractivity contribution in [1.29, 1.82) is 0 Å². The molecule has 7 nitrogen and oxygen atoms in total. The van der Waals surface area contributed by atoms with Crippen molar-refractivity contribution in [1.82, 2.24) is 4.90 Å². The fraction of sp³-hybridized carbons (Fsp3) is 0.261. The summed E-state index contributed by atoms with van der Waals surface area (Å²) >= 11 is 0.803. The monoisotopic (exact) mass is 440 g/mol. The molecule has 3 rings (SSSR count). The van der Waals surface area contributed by atoms with Gasteiger partial charge in [0.15, 0.2) is 11.5 Å². The van der Waals surface area contributed by atoms with Crippen LogP contribution in [0.25, 0.3) is 6.08 Å². The molecule has 3 amide bonds. The zero-order valence-corrected chi connectivity index (χ0v) is 18.4. The van der Waals surface area contributed by atoms with E-state index in [0.717, 1.165) is 16.7 Å². The van der Waals surface area contributed by atoms with Crippen molar-refractivity contribution in [2.75, 3.05) is 25.6 Å². The van der Waals surface area contributed by atoms with Crippen molar-refractivity contribution in [3.05, 3.63) is 59.0 Å². The Morgan fingerprint density at radius 1 is 1.13 bits per heavy atom. The molecule has 0 spiro atoms. The molecule has 1 aliphatic rings. The molecule has 0 radical (unpaired) electrons. The fourth-order valence-electron chi connectivity index (χ4n) is 2.80. The van der Waals surface area contributed by atoms with Gasteiger partial charge >= 0.3 is 0 Å². The van der Waals surface area contributed by atoms with Crippen molar-refractivity contribution < 1.29 is 23.9 Å². The zero-order valence-electron chi connectivity index (χ0n) is 17.6. The maximum Gasteiger partial charge on any atom is 0.294 e. The van der Waals surface area contributed by atoms with E-state index < -0.39 is 17.1 Å². The Labute approximate surface area is 185 Å². The summed E-state index contributed by atoms with van der Waals surface area (Å²) in [6.45, 7) is 4.32. The van der Waals surface area contributed by atoms with Crippen molar-refractivity contribution in [3.8, 4) is 11.5 Å². The highest BCUT2D eigenvalue weighted by molar-refractivity contribution is 8.18. The second-order valence-electron chi connectivity index (χ2n) is 7.30. The first kappa shape index (κ1) is 22.4. The standard InChI is InChI=1S/C23H24N2O5S/c1-15(2)14-30-18-10-9-16(11-19(18)29-3)12-20-22(27)25(23(28)31-20)13-21(26)24-17-7-5-4-6-8-17/h4-12,15H,13-14H2,1-3H3,(H,24,26)/b20-12-. The number of rotatable bonds is 8. The number of thioether (sulfide) groups is 1. The SMILES string of the molecule is COc1cc(/C=C2\SC(=O)N(CC(=O)Nc3ccccc3)C2=O)ccc1OCC(C)C. The minimum absolute atomic E-state index is 0.246. The maximum atomic E-state index is 12.7. The summed E-state index contributed by atoms with van der Waals surface area (Å²) < 4.78 is 11.1. The van der Waals surface area contributed by atoms with Gasteiger partial charge in [0.25, 0.3) is 11.1 Å². The van der Waals surface area contributed by atoms with Crippen LogP contribution in [-0.2, 0) is 9.59 Å². The third kappa shape index (κ3) is 5.88. The number of amides is 3. The normalized spacial score (nSPS) is 15.0. The van der Waals surface area contributed by atoms with Crippen LogP contribution in [0.3, 0.4) is 0 Å². The molecule has 8 heteroatoms. The van der Waals surface area contributed by atoms with Crippen LogP contribution in [0.4, 0.5) is 10.5 Å². The Bertz CT molecular complexity index is 1000. The number of methoxy groups -OCH3 is 1. The lowest BCUT2D eigenvalue weighted by Crippen LogP contribution is -2.36. The van der Waals surface area contributed by atoms with E-state index in [1.165, 1.54) is 0 Å². The van der Waals surface area contributed by atoms with E-state index in [1.807, 2.05) is 6.07 Å². The summed E-state index contributed by atoms with van der Waals surface area (Å²) in [5, 5.41) is 2.19. The molecule has 0 saturated carbocycles. The van der Waals surface area contributed by atoms with Gasteiger partial charge in [-0.2, -0.15) is 0 Å². The van der Waals surface area contributed by atoms with Gasteiger partial charge < -0.3 is 14.8 Å². The Balaban J connectivity index is 1.70. The highest BCUT2D eigenvalue weighted by Crippen LogP contribution is 2.34. The molecule has 0 bridgehead atoms. The van der Waals surface area contributed by atoms with E-state index in [9.17, 15) is 14.4 Å². The van der Waals surface area contributed by atoms with Crippen molar-refractivity contribution in [2.45, 2.75) is 13.8 Å². The van der Waals surface area contributed by atoms with Crippen LogP contribution >= 0.6 is 11.8 Å². The van der Waals surface area contributed by atoms with Crippen LogP contribution in [0, 0.1) is 5.92 Å². The van der Waals surface area contributed by atoms with E-state index >= 15 is 0 Å². The maximum absolute atomic E-state index is 12.7. The first-order chi connectivity index (χ1) is 14.9. The van der Waals surface area contributed by atoms with Gasteiger partial charge in [0.2, 0.25) is 5.91 Å². The van der Waals surface area contributed by atoms with Crippen LogP contribution in [-0.4, -0.2) is 42.2 Å². The number of carbonyl (C=O) groups excluding carboxylic acids is 3. The van der Waals surface area contributed by atoms with Gasteiger partial charge in [-0.25, -0.2) is 0 Å². The van der Waals surface area contributed by atoms with E-state index in [2.05, 4.69) is 19.2 Å². The summed E-state index contributed by atoms with van der Waals surface area (Å²) in [6, 6.07) is 14.2. The molecule has 162 valence electrons. The molecule has 2 aromatic rings. The van der Waals surface area contributed by atoms with Gasteiger partial charge in [0.05, 0.1) is 18.6 Å². The average Bonchev–Trinajstić information content (AvgIpc) is 3.00. The first-order valence-corrected chi connectivity index (χ1v) is 10.6. The molecule has 1 heterocycles. The quantitative estimate of drug-likeness (QED) is 0.612. The lowest BCUT2D eigenvalue weighted by molar-refractivity contribution is -0.127. The number of carbonyl (C=O) groups is 3. The fourth-order valence-corrected chi connectivity index (χ4v) is 3.64. The molecule has 1 aliphatic heterocycles. The molecule has 0 aliphatic carbocycles. The van der Waals surface area contributed by atoms with Gasteiger partial charge in [0, 0.05) is 5.69 Å². The average molecular weight is 441 g/mol.